The number of aromatic nitrogens is 1. The summed E-state index contributed by atoms with van der Waals surface area (Å²) in [4.78, 5) is 20.7. The van der Waals surface area contributed by atoms with E-state index in [1.54, 1.807) is 24.3 Å². The number of carbonyl (C=O) groups is 1. The number of H-pyrrole nitrogens is 1. The number of carbonyl (C=O) groups excluding carboxylic acids is 1. The fourth-order valence-electron chi connectivity index (χ4n) is 3.48. The van der Waals surface area contributed by atoms with E-state index in [0.717, 1.165) is 23.4 Å². The van der Waals surface area contributed by atoms with Gasteiger partial charge in [-0.2, -0.15) is 0 Å². The fraction of sp³-hybridized carbons (Fsp3) is 0.154. The second kappa shape index (κ2) is 10.7. The maximum Gasteiger partial charge on any atom is 0.258 e. The average Bonchev–Trinajstić information content (AvgIpc) is 3.23. The molecule has 0 atom stereocenters. The summed E-state index contributed by atoms with van der Waals surface area (Å²) < 4.78 is 5.50. The van der Waals surface area contributed by atoms with Gasteiger partial charge in [-0.3, -0.25) is 15.1 Å². The smallest absolute Gasteiger partial charge is 0.258 e. The van der Waals surface area contributed by atoms with E-state index < -0.39 is 0 Å². The molecule has 1 heterocycles. The zero-order chi connectivity index (χ0) is 23.0. The topological polar surface area (TPSA) is 78.5 Å². The average molecular weight is 461 g/mol. The maximum atomic E-state index is 12.8. The number of anilines is 1. The minimum atomic E-state index is -0.290. The molecular weight excluding hydrogens is 436 g/mol. The molecule has 33 heavy (non-hydrogen) atoms. The zero-order valence-electron chi connectivity index (χ0n) is 18.3. The van der Waals surface area contributed by atoms with Gasteiger partial charge < -0.3 is 15.0 Å². The summed E-state index contributed by atoms with van der Waals surface area (Å²) in [5.74, 6) is 0.856. The minimum absolute atomic E-state index is 0.290. The van der Waals surface area contributed by atoms with Gasteiger partial charge in [0.2, 0.25) is 5.96 Å². The monoisotopic (exact) mass is 460 g/mol. The molecule has 0 aliphatic carbocycles. The van der Waals surface area contributed by atoms with Gasteiger partial charge in [0.1, 0.15) is 5.75 Å². The van der Waals surface area contributed by atoms with Crippen LogP contribution in [0.4, 0.5) is 5.69 Å². The van der Waals surface area contributed by atoms with E-state index in [-0.39, 0.29) is 5.91 Å². The van der Waals surface area contributed by atoms with Crippen molar-refractivity contribution in [3.05, 3.63) is 95.1 Å². The lowest BCUT2D eigenvalue weighted by Gasteiger charge is -2.13. The van der Waals surface area contributed by atoms with Crippen LogP contribution in [-0.4, -0.2) is 30.0 Å². The molecule has 0 fully saturated rings. The number of guanidine groups is 1. The van der Waals surface area contributed by atoms with Crippen LogP contribution in [-0.2, 0) is 6.42 Å². The Bertz CT molecular complexity index is 1260. The normalized spacial score (nSPS) is 11.4. The Morgan fingerprint density at radius 2 is 1.88 bits per heavy atom. The van der Waals surface area contributed by atoms with Gasteiger partial charge in [0.05, 0.1) is 6.61 Å². The third-order valence-electron chi connectivity index (χ3n) is 5.07. The number of ether oxygens (including phenoxy) is 1. The predicted octanol–water partition coefficient (Wildman–Crippen LogP) is 5.66. The van der Waals surface area contributed by atoms with Crippen molar-refractivity contribution in [2.24, 2.45) is 4.99 Å². The first-order chi connectivity index (χ1) is 16.1. The molecule has 4 rings (SSSR count). The van der Waals surface area contributed by atoms with E-state index in [9.17, 15) is 4.79 Å². The van der Waals surface area contributed by atoms with Gasteiger partial charge in [0.25, 0.3) is 5.91 Å². The SMILES string of the molecule is CCOc1ccc(NC(=NCCc2c[nH]c3ccccc23)NC(=O)c2cccc(Cl)c2)cc1. The summed E-state index contributed by atoms with van der Waals surface area (Å²) in [6.45, 7) is 3.04. The van der Waals surface area contributed by atoms with Crippen molar-refractivity contribution in [1.82, 2.24) is 10.3 Å². The number of nitrogens with zero attached hydrogens (tertiary/aromatic N) is 1. The number of amides is 1. The number of halogens is 1. The molecule has 1 amide bonds. The first kappa shape index (κ1) is 22.4. The van der Waals surface area contributed by atoms with Crippen LogP contribution in [0.25, 0.3) is 10.9 Å². The Balaban J connectivity index is 1.51. The molecule has 6 nitrogen and oxygen atoms in total. The summed E-state index contributed by atoms with van der Waals surface area (Å²) in [7, 11) is 0. The number of aromatic amines is 1. The second-order valence-electron chi connectivity index (χ2n) is 7.39. The molecule has 0 aliphatic heterocycles. The lowest BCUT2D eigenvalue weighted by Crippen LogP contribution is -2.36. The first-order valence-corrected chi connectivity index (χ1v) is 11.2. The zero-order valence-corrected chi connectivity index (χ0v) is 19.0. The van der Waals surface area contributed by atoms with Crippen molar-refractivity contribution < 1.29 is 9.53 Å². The molecule has 3 N–H and O–H groups in total. The van der Waals surface area contributed by atoms with Crippen molar-refractivity contribution in [3.8, 4) is 5.75 Å². The largest absolute Gasteiger partial charge is 0.494 e. The number of rotatable bonds is 7. The molecule has 0 aliphatic rings. The van der Waals surface area contributed by atoms with Crippen LogP contribution in [0, 0.1) is 0 Å². The lowest BCUT2D eigenvalue weighted by molar-refractivity contribution is 0.0977. The van der Waals surface area contributed by atoms with Crippen molar-refractivity contribution in [2.45, 2.75) is 13.3 Å². The lowest BCUT2D eigenvalue weighted by atomic mass is 10.1. The van der Waals surface area contributed by atoms with Gasteiger partial charge in [-0.25, -0.2) is 0 Å². The number of hydrogen-bond acceptors (Lipinski definition) is 3. The number of benzene rings is 3. The first-order valence-electron chi connectivity index (χ1n) is 10.8. The Hall–Kier alpha value is -3.77. The van der Waals surface area contributed by atoms with Crippen LogP contribution in [0.5, 0.6) is 5.75 Å². The number of hydrogen-bond donors (Lipinski definition) is 3. The van der Waals surface area contributed by atoms with Gasteiger partial charge in [0.15, 0.2) is 0 Å². The summed E-state index contributed by atoms with van der Waals surface area (Å²) in [6.07, 6.45) is 2.73. The van der Waals surface area contributed by atoms with E-state index >= 15 is 0 Å². The van der Waals surface area contributed by atoms with Crippen molar-refractivity contribution in [3.63, 3.8) is 0 Å². The molecule has 3 aromatic carbocycles. The molecule has 0 spiro atoms. The predicted molar refractivity (Wildman–Crippen MR) is 134 cm³/mol. The van der Waals surface area contributed by atoms with Crippen LogP contribution in [0.3, 0.4) is 0 Å². The molecule has 1 aromatic heterocycles. The molecule has 4 aromatic rings. The molecule has 0 saturated heterocycles. The van der Waals surface area contributed by atoms with Crippen LogP contribution >= 0.6 is 11.6 Å². The molecule has 168 valence electrons. The van der Waals surface area contributed by atoms with E-state index in [1.807, 2.05) is 55.6 Å². The van der Waals surface area contributed by atoms with Crippen molar-refractivity contribution in [1.29, 1.82) is 0 Å². The number of aliphatic imine (C=N–C) groups is 1. The van der Waals surface area contributed by atoms with E-state index in [2.05, 4.69) is 26.7 Å². The Morgan fingerprint density at radius 1 is 1.06 bits per heavy atom. The highest BCUT2D eigenvalue weighted by atomic mass is 35.5. The standard InChI is InChI=1S/C26H25ClN4O2/c1-2-33-22-12-10-21(11-13-22)30-26(31-25(32)18-6-5-7-20(27)16-18)28-15-14-19-17-29-24-9-4-3-8-23(19)24/h3-13,16-17,29H,2,14-15H2,1H3,(H2,28,30,31,32). The van der Waals surface area contributed by atoms with Gasteiger partial charge in [-0.05, 0) is 67.4 Å². The van der Waals surface area contributed by atoms with Gasteiger partial charge >= 0.3 is 0 Å². The van der Waals surface area contributed by atoms with Crippen molar-refractivity contribution in [2.75, 3.05) is 18.5 Å². The number of nitrogens with one attached hydrogen (secondary N) is 3. The minimum Gasteiger partial charge on any atom is -0.494 e. The number of para-hydroxylation sites is 1. The van der Waals surface area contributed by atoms with E-state index in [4.69, 9.17) is 16.3 Å². The van der Waals surface area contributed by atoms with Gasteiger partial charge in [-0.1, -0.05) is 35.9 Å². The quantitative estimate of drug-likeness (QED) is 0.246. The highest BCUT2D eigenvalue weighted by Gasteiger charge is 2.11. The maximum absolute atomic E-state index is 12.8. The highest BCUT2D eigenvalue weighted by molar-refractivity contribution is 6.31. The fourth-order valence-corrected chi connectivity index (χ4v) is 3.67. The molecule has 0 unspecified atom stereocenters. The molecule has 0 radical (unpaired) electrons. The number of fused-ring (bicyclic) bond motifs is 1. The third-order valence-corrected chi connectivity index (χ3v) is 5.31. The van der Waals surface area contributed by atoms with Crippen molar-refractivity contribution >= 4 is 40.1 Å². The van der Waals surface area contributed by atoms with Gasteiger partial charge in [0, 0.05) is 39.9 Å². The molecule has 0 saturated carbocycles. The summed E-state index contributed by atoms with van der Waals surface area (Å²) in [5.41, 5.74) is 3.52. The Labute approximate surface area is 197 Å². The van der Waals surface area contributed by atoms with Crippen LogP contribution in [0.2, 0.25) is 5.02 Å². The second-order valence-corrected chi connectivity index (χ2v) is 7.82. The van der Waals surface area contributed by atoms with Gasteiger partial charge in [-0.15, -0.1) is 0 Å². The van der Waals surface area contributed by atoms with E-state index in [1.165, 1.54) is 10.9 Å². The Morgan fingerprint density at radius 3 is 2.67 bits per heavy atom. The molecule has 7 heteroatoms. The summed E-state index contributed by atoms with van der Waals surface area (Å²) >= 11 is 6.04. The molecule has 0 bridgehead atoms. The van der Waals surface area contributed by atoms with Crippen LogP contribution in [0.15, 0.2) is 84.0 Å². The van der Waals surface area contributed by atoms with Crippen LogP contribution < -0.4 is 15.4 Å². The highest BCUT2D eigenvalue weighted by Crippen LogP contribution is 2.19. The van der Waals surface area contributed by atoms with Crippen LogP contribution in [0.1, 0.15) is 22.8 Å². The third kappa shape index (κ3) is 5.93. The van der Waals surface area contributed by atoms with E-state index in [0.29, 0.717) is 29.7 Å². The Kier molecular flexibility index (Phi) is 7.27. The summed E-state index contributed by atoms with van der Waals surface area (Å²) in [5, 5.41) is 7.75. The summed E-state index contributed by atoms with van der Waals surface area (Å²) in [6, 6.07) is 22.5. The molecular formula is C26H25ClN4O2.